The lowest BCUT2D eigenvalue weighted by atomic mass is 9.87. The number of benzene rings is 2. The van der Waals surface area contributed by atoms with Crippen molar-refractivity contribution in [3.05, 3.63) is 70.9 Å². The van der Waals surface area contributed by atoms with E-state index < -0.39 is 0 Å². The predicted molar refractivity (Wildman–Crippen MR) is 109 cm³/mol. The van der Waals surface area contributed by atoms with E-state index in [9.17, 15) is 4.79 Å². The number of aromatic amines is 1. The topological polar surface area (TPSA) is 44.9 Å². The quantitative estimate of drug-likeness (QED) is 0.614. The standard InChI is InChI=1S/C23H28N2O/c1-4-12-24-22(26)14-20(18-10-6-8-16(3)13-18)21-15-25-23-17(5-2)9-7-11-19(21)23/h6-11,13,15,20,25H,4-5,12,14H2,1-3H3,(H,24,26)/t20-/m1/s1. The van der Waals surface area contributed by atoms with E-state index in [0.29, 0.717) is 6.42 Å². The second-order valence-corrected chi connectivity index (χ2v) is 6.96. The first-order chi connectivity index (χ1) is 12.6. The Balaban J connectivity index is 2.04. The average Bonchev–Trinajstić information content (AvgIpc) is 3.08. The summed E-state index contributed by atoms with van der Waals surface area (Å²) in [7, 11) is 0. The van der Waals surface area contributed by atoms with Gasteiger partial charge in [-0.1, -0.05) is 61.9 Å². The molecular weight excluding hydrogens is 320 g/mol. The molecule has 0 saturated heterocycles. The van der Waals surface area contributed by atoms with Crippen LogP contribution in [-0.2, 0) is 11.2 Å². The number of carbonyl (C=O) groups excluding carboxylic acids is 1. The minimum Gasteiger partial charge on any atom is -0.361 e. The molecule has 1 aromatic heterocycles. The van der Waals surface area contributed by atoms with Crippen molar-refractivity contribution in [2.24, 2.45) is 0 Å². The highest BCUT2D eigenvalue weighted by atomic mass is 16.1. The fraction of sp³-hybridized carbons (Fsp3) is 0.348. The first kappa shape index (κ1) is 18.2. The largest absolute Gasteiger partial charge is 0.361 e. The zero-order valence-electron chi connectivity index (χ0n) is 15.9. The van der Waals surface area contributed by atoms with Gasteiger partial charge in [-0.3, -0.25) is 4.79 Å². The van der Waals surface area contributed by atoms with Gasteiger partial charge in [0.2, 0.25) is 5.91 Å². The summed E-state index contributed by atoms with van der Waals surface area (Å²) in [5, 5.41) is 4.25. The van der Waals surface area contributed by atoms with E-state index in [2.05, 4.69) is 79.7 Å². The summed E-state index contributed by atoms with van der Waals surface area (Å²) in [6, 6.07) is 14.9. The van der Waals surface area contributed by atoms with E-state index in [0.717, 1.165) is 19.4 Å². The molecule has 0 radical (unpaired) electrons. The number of aryl methyl sites for hydroxylation is 2. The Hall–Kier alpha value is -2.55. The SMILES string of the molecule is CCCNC(=O)C[C@H](c1cccc(C)c1)c1c[nH]c2c(CC)cccc12. The van der Waals surface area contributed by atoms with Crippen molar-refractivity contribution in [2.45, 2.75) is 46.0 Å². The summed E-state index contributed by atoms with van der Waals surface area (Å²) in [4.78, 5) is 16.0. The first-order valence-electron chi connectivity index (χ1n) is 9.56. The maximum absolute atomic E-state index is 12.5. The van der Waals surface area contributed by atoms with Gasteiger partial charge in [0, 0.05) is 36.0 Å². The number of fused-ring (bicyclic) bond motifs is 1. The number of hydrogen-bond acceptors (Lipinski definition) is 1. The lowest BCUT2D eigenvalue weighted by molar-refractivity contribution is -0.121. The van der Waals surface area contributed by atoms with Crippen LogP contribution in [-0.4, -0.2) is 17.4 Å². The number of amides is 1. The van der Waals surface area contributed by atoms with Crippen LogP contribution in [0.1, 0.15) is 54.9 Å². The molecule has 1 atom stereocenters. The van der Waals surface area contributed by atoms with Crippen molar-refractivity contribution in [1.82, 2.24) is 10.3 Å². The molecule has 1 amide bonds. The molecule has 3 heteroatoms. The second kappa shape index (κ2) is 8.22. The lowest BCUT2D eigenvalue weighted by Gasteiger charge is -2.18. The Kier molecular flexibility index (Phi) is 5.77. The van der Waals surface area contributed by atoms with E-state index in [1.807, 2.05) is 0 Å². The highest BCUT2D eigenvalue weighted by Gasteiger charge is 2.22. The highest BCUT2D eigenvalue weighted by Crippen LogP contribution is 2.34. The van der Waals surface area contributed by atoms with Gasteiger partial charge in [-0.25, -0.2) is 0 Å². The summed E-state index contributed by atoms with van der Waals surface area (Å²) in [5.41, 5.74) is 6.12. The normalized spacial score (nSPS) is 12.3. The molecule has 0 unspecified atom stereocenters. The van der Waals surface area contributed by atoms with Gasteiger partial charge in [0.1, 0.15) is 0 Å². The lowest BCUT2D eigenvalue weighted by Crippen LogP contribution is -2.26. The van der Waals surface area contributed by atoms with E-state index in [4.69, 9.17) is 0 Å². The van der Waals surface area contributed by atoms with E-state index in [-0.39, 0.29) is 11.8 Å². The third kappa shape index (κ3) is 3.82. The van der Waals surface area contributed by atoms with Crippen LogP contribution in [0.3, 0.4) is 0 Å². The number of rotatable bonds is 7. The van der Waals surface area contributed by atoms with Crippen molar-refractivity contribution >= 4 is 16.8 Å². The summed E-state index contributed by atoms with van der Waals surface area (Å²) in [5.74, 6) is 0.159. The molecule has 0 aliphatic carbocycles. The highest BCUT2D eigenvalue weighted by molar-refractivity contribution is 5.88. The Labute approximate surface area is 155 Å². The zero-order valence-corrected chi connectivity index (χ0v) is 15.9. The maximum atomic E-state index is 12.5. The molecule has 2 aromatic carbocycles. The molecule has 0 aliphatic heterocycles. The van der Waals surface area contributed by atoms with Crippen LogP contribution in [0, 0.1) is 6.92 Å². The van der Waals surface area contributed by atoms with Gasteiger partial charge in [-0.05, 0) is 36.5 Å². The fourth-order valence-electron chi connectivity index (χ4n) is 3.64. The number of nitrogens with one attached hydrogen (secondary N) is 2. The molecule has 26 heavy (non-hydrogen) atoms. The van der Waals surface area contributed by atoms with Crippen molar-refractivity contribution in [1.29, 1.82) is 0 Å². The minimum absolute atomic E-state index is 0.0487. The number of aromatic nitrogens is 1. The Morgan fingerprint density at radius 1 is 1.15 bits per heavy atom. The number of para-hydroxylation sites is 1. The van der Waals surface area contributed by atoms with Gasteiger partial charge < -0.3 is 10.3 Å². The monoisotopic (exact) mass is 348 g/mol. The number of hydrogen-bond donors (Lipinski definition) is 2. The molecule has 3 nitrogen and oxygen atoms in total. The summed E-state index contributed by atoms with van der Waals surface area (Å²) >= 11 is 0. The van der Waals surface area contributed by atoms with E-state index in [1.165, 1.54) is 33.2 Å². The first-order valence-corrected chi connectivity index (χ1v) is 9.56. The van der Waals surface area contributed by atoms with E-state index in [1.54, 1.807) is 0 Å². The predicted octanol–water partition coefficient (Wildman–Crippen LogP) is 5.09. The van der Waals surface area contributed by atoms with Crippen LogP contribution in [0.25, 0.3) is 10.9 Å². The second-order valence-electron chi connectivity index (χ2n) is 6.96. The summed E-state index contributed by atoms with van der Waals surface area (Å²) in [6.45, 7) is 7.07. The van der Waals surface area contributed by atoms with Gasteiger partial charge in [-0.2, -0.15) is 0 Å². The van der Waals surface area contributed by atoms with Crippen molar-refractivity contribution < 1.29 is 4.79 Å². The van der Waals surface area contributed by atoms with Crippen LogP contribution in [0.15, 0.2) is 48.7 Å². The third-order valence-electron chi connectivity index (χ3n) is 5.00. The van der Waals surface area contributed by atoms with Gasteiger partial charge in [0.25, 0.3) is 0 Å². The van der Waals surface area contributed by atoms with Crippen molar-refractivity contribution in [3.63, 3.8) is 0 Å². The smallest absolute Gasteiger partial charge is 0.220 e. The molecule has 136 valence electrons. The van der Waals surface area contributed by atoms with Crippen LogP contribution in [0.2, 0.25) is 0 Å². The Morgan fingerprint density at radius 2 is 1.96 bits per heavy atom. The van der Waals surface area contributed by atoms with E-state index >= 15 is 0 Å². The van der Waals surface area contributed by atoms with Crippen LogP contribution < -0.4 is 5.32 Å². The van der Waals surface area contributed by atoms with Crippen LogP contribution >= 0.6 is 0 Å². The average molecular weight is 348 g/mol. The fourth-order valence-corrected chi connectivity index (χ4v) is 3.64. The van der Waals surface area contributed by atoms with Crippen LogP contribution in [0.4, 0.5) is 0 Å². The van der Waals surface area contributed by atoms with Gasteiger partial charge >= 0.3 is 0 Å². The summed E-state index contributed by atoms with van der Waals surface area (Å²) in [6.07, 6.45) is 4.49. The molecule has 0 saturated carbocycles. The molecule has 2 N–H and O–H groups in total. The van der Waals surface area contributed by atoms with Crippen molar-refractivity contribution in [2.75, 3.05) is 6.54 Å². The third-order valence-corrected chi connectivity index (χ3v) is 5.00. The molecule has 0 bridgehead atoms. The molecule has 3 aromatic rings. The maximum Gasteiger partial charge on any atom is 0.220 e. The summed E-state index contributed by atoms with van der Waals surface area (Å²) < 4.78 is 0. The number of H-pyrrole nitrogens is 1. The molecule has 0 fully saturated rings. The Morgan fingerprint density at radius 3 is 2.69 bits per heavy atom. The molecule has 1 heterocycles. The van der Waals surface area contributed by atoms with Gasteiger partial charge in [0.15, 0.2) is 0 Å². The molecule has 0 aliphatic rings. The van der Waals surface area contributed by atoms with Gasteiger partial charge in [0.05, 0.1) is 0 Å². The molecule has 0 spiro atoms. The van der Waals surface area contributed by atoms with Gasteiger partial charge in [-0.15, -0.1) is 0 Å². The minimum atomic E-state index is 0.0487. The molecular formula is C23H28N2O. The van der Waals surface area contributed by atoms with Crippen LogP contribution in [0.5, 0.6) is 0 Å². The Bertz CT molecular complexity index is 894. The van der Waals surface area contributed by atoms with Crippen molar-refractivity contribution in [3.8, 4) is 0 Å². The molecule has 3 rings (SSSR count). The zero-order chi connectivity index (χ0) is 18.5. The number of carbonyl (C=O) groups is 1.